The minimum atomic E-state index is -0.244. The number of carbonyl (C=O) groups excluding carboxylic acids is 1. The highest BCUT2D eigenvalue weighted by Gasteiger charge is 2.09. The Morgan fingerprint density at radius 1 is 1.21 bits per heavy atom. The Morgan fingerprint density at radius 2 is 2.04 bits per heavy atom. The lowest BCUT2D eigenvalue weighted by molar-refractivity contribution is 0.0951. The number of pyridine rings is 1. The van der Waals surface area contributed by atoms with Crippen molar-refractivity contribution in [2.75, 3.05) is 26.1 Å². The Hall–Kier alpha value is -2.60. The van der Waals surface area contributed by atoms with Crippen LogP contribution in [0.15, 0.2) is 42.6 Å². The molecule has 0 aliphatic carbocycles. The molecule has 24 heavy (non-hydrogen) atoms. The molecule has 6 nitrogen and oxygen atoms in total. The number of carbonyl (C=O) groups is 1. The first-order valence-electron chi connectivity index (χ1n) is 7.90. The third-order valence-electron chi connectivity index (χ3n) is 3.45. The monoisotopic (exact) mass is 329 g/mol. The second kappa shape index (κ2) is 9.52. The molecule has 1 amide bonds. The maximum Gasteiger partial charge on any atom is 0.255 e. The molecule has 128 valence electrons. The molecule has 0 saturated carbocycles. The van der Waals surface area contributed by atoms with Crippen molar-refractivity contribution < 1.29 is 14.3 Å². The molecule has 0 bridgehead atoms. The molecule has 0 aliphatic heterocycles. The summed E-state index contributed by atoms with van der Waals surface area (Å²) < 4.78 is 10.7. The van der Waals surface area contributed by atoms with E-state index in [4.69, 9.17) is 15.2 Å². The molecule has 6 heteroatoms. The van der Waals surface area contributed by atoms with Gasteiger partial charge in [0.25, 0.3) is 5.91 Å². The lowest BCUT2D eigenvalue weighted by Crippen LogP contribution is -2.24. The standard InChI is InChI=1S/C18H23N3O3/c1-23-10-2-3-11-24-15-7-4-6-14(12-15)13-21-18(22)16-8-5-9-20-17(16)19/h4-9,12H,2-3,10-11,13H2,1H3,(H2,19,20)(H,21,22). The van der Waals surface area contributed by atoms with Crippen molar-refractivity contribution in [3.63, 3.8) is 0 Å². The molecular formula is C18H23N3O3. The van der Waals surface area contributed by atoms with Crippen molar-refractivity contribution in [2.45, 2.75) is 19.4 Å². The second-order valence-electron chi connectivity index (χ2n) is 5.31. The molecule has 3 N–H and O–H groups in total. The molecule has 1 heterocycles. The highest BCUT2D eigenvalue weighted by Crippen LogP contribution is 2.14. The van der Waals surface area contributed by atoms with Crippen LogP contribution in [0.3, 0.4) is 0 Å². The van der Waals surface area contributed by atoms with Crippen LogP contribution in [0.1, 0.15) is 28.8 Å². The summed E-state index contributed by atoms with van der Waals surface area (Å²) in [6, 6.07) is 11.0. The van der Waals surface area contributed by atoms with Crippen LogP contribution in [-0.4, -0.2) is 31.2 Å². The van der Waals surface area contributed by atoms with Gasteiger partial charge in [-0.25, -0.2) is 4.98 Å². The summed E-state index contributed by atoms with van der Waals surface area (Å²) in [5, 5.41) is 2.84. The zero-order valence-electron chi connectivity index (χ0n) is 13.8. The van der Waals surface area contributed by atoms with Crippen LogP contribution in [0.2, 0.25) is 0 Å². The third-order valence-corrected chi connectivity index (χ3v) is 3.45. The normalized spacial score (nSPS) is 10.4. The summed E-state index contributed by atoms with van der Waals surface area (Å²) in [4.78, 5) is 16.0. The number of hydrogen-bond donors (Lipinski definition) is 2. The largest absolute Gasteiger partial charge is 0.494 e. The van der Waals surface area contributed by atoms with E-state index >= 15 is 0 Å². The first kappa shape index (κ1) is 17.7. The fourth-order valence-electron chi connectivity index (χ4n) is 2.17. The van der Waals surface area contributed by atoms with E-state index in [1.807, 2.05) is 24.3 Å². The first-order valence-corrected chi connectivity index (χ1v) is 7.90. The summed E-state index contributed by atoms with van der Waals surface area (Å²) >= 11 is 0. The fourth-order valence-corrected chi connectivity index (χ4v) is 2.17. The summed E-state index contributed by atoms with van der Waals surface area (Å²) in [6.07, 6.45) is 3.47. The maximum atomic E-state index is 12.1. The van der Waals surface area contributed by atoms with Crippen molar-refractivity contribution in [3.05, 3.63) is 53.7 Å². The number of hydrogen-bond acceptors (Lipinski definition) is 5. The van der Waals surface area contributed by atoms with E-state index in [0.29, 0.717) is 18.7 Å². The molecule has 2 aromatic rings. The Morgan fingerprint density at radius 3 is 2.83 bits per heavy atom. The number of benzene rings is 1. The van der Waals surface area contributed by atoms with Gasteiger partial charge in [-0.05, 0) is 42.7 Å². The molecule has 1 aromatic carbocycles. The molecule has 0 radical (unpaired) electrons. The number of rotatable bonds is 9. The molecule has 0 aliphatic rings. The predicted octanol–water partition coefficient (Wildman–Crippen LogP) is 2.40. The van der Waals surface area contributed by atoms with Gasteiger partial charge in [-0.15, -0.1) is 0 Å². The minimum Gasteiger partial charge on any atom is -0.494 e. The predicted molar refractivity (Wildman–Crippen MR) is 92.9 cm³/mol. The van der Waals surface area contributed by atoms with Crippen LogP contribution in [0.25, 0.3) is 0 Å². The third kappa shape index (κ3) is 5.55. The Bertz CT molecular complexity index is 661. The van der Waals surface area contributed by atoms with E-state index in [9.17, 15) is 4.79 Å². The smallest absolute Gasteiger partial charge is 0.255 e. The number of nitrogens with zero attached hydrogens (tertiary/aromatic N) is 1. The summed E-state index contributed by atoms with van der Waals surface area (Å²) in [7, 11) is 1.69. The van der Waals surface area contributed by atoms with Crippen LogP contribution in [-0.2, 0) is 11.3 Å². The van der Waals surface area contributed by atoms with Gasteiger partial charge in [0.15, 0.2) is 0 Å². The minimum absolute atomic E-state index is 0.225. The van der Waals surface area contributed by atoms with Gasteiger partial charge in [-0.2, -0.15) is 0 Å². The summed E-state index contributed by atoms with van der Waals surface area (Å²) in [5.74, 6) is 0.773. The molecule has 1 aromatic heterocycles. The van der Waals surface area contributed by atoms with Gasteiger partial charge in [0.1, 0.15) is 11.6 Å². The average molecular weight is 329 g/mol. The number of nitrogen functional groups attached to an aromatic ring is 1. The number of amides is 1. The number of nitrogens with two attached hydrogens (primary N) is 1. The SMILES string of the molecule is COCCCCOc1cccc(CNC(=O)c2cccnc2N)c1. The van der Waals surface area contributed by atoms with Crippen LogP contribution in [0.4, 0.5) is 5.82 Å². The highest BCUT2D eigenvalue weighted by molar-refractivity contribution is 5.98. The molecule has 0 fully saturated rings. The van der Waals surface area contributed by atoms with Crippen molar-refractivity contribution in [1.29, 1.82) is 0 Å². The van der Waals surface area contributed by atoms with Gasteiger partial charge < -0.3 is 20.5 Å². The van der Waals surface area contributed by atoms with E-state index in [-0.39, 0.29) is 11.7 Å². The quantitative estimate of drug-likeness (QED) is 0.690. The van der Waals surface area contributed by atoms with E-state index in [1.165, 1.54) is 0 Å². The van der Waals surface area contributed by atoms with Crippen molar-refractivity contribution in [3.8, 4) is 5.75 Å². The average Bonchev–Trinajstić information content (AvgIpc) is 2.60. The van der Waals surface area contributed by atoms with Crippen molar-refractivity contribution in [2.24, 2.45) is 0 Å². The fraction of sp³-hybridized carbons (Fsp3) is 0.333. The van der Waals surface area contributed by atoms with Crippen LogP contribution >= 0.6 is 0 Å². The zero-order chi connectivity index (χ0) is 17.2. The lowest BCUT2D eigenvalue weighted by atomic mass is 10.2. The lowest BCUT2D eigenvalue weighted by Gasteiger charge is -2.09. The van der Waals surface area contributed by atoms with Gasteiger partial charge in [-0.3, -0.25) is 4.79 Å². The van der Waals surface area contributed by atoms with E-state index in [0.717, 1.165) is 30.8 Å². The number of nitrogens with one attached hydrogen (secondary N) is 1. The molecule has 0 spiro atoms. The van der Waals surface area contributed by atoms with E-state index in [1.54, 1.807) is 25.4 Å². The molecular weight excluding hydrogens is 306 g/mol. The summed E-state index contributed by atoms with van der Waals surface area (Å²) in [6.45, 7) is 1.78. The number of anilines is 1. The molecule has 0 unspecified atom stereocenters. The van der Waals surface area contributed by atoms with Crippen LogP contribution in [0, 0.1) is 0 Å². The molecule has 0 atom stereocenters. The summed E-state index contributed by atoms with van der Waals surface area (Å²) in [5.41, 5.74) is 7.04. The maximum absolute atomic E-state index is 12.1. The second-order valence-corrected chi connectivity index (χ2v) is 5.31. The molecule has 0 saturated heterocycles. The van der Waals surface area contributed by atoms with E-state index < -0.39 is 0 Å². The van der Waals surface area contributed by atoms with Crippen molar-refractivity contribution >= 4 is 11.7 Å². The molecule has 2 rings (SSSR count). The van der Waals surface area contributed by atoms with Gasteiger partial charge in [0, 0.05) is 26.5 Å². The van der Waals surface area contributed by atoms with Crippen molar-refractivity contribution in [1.82, 2.24) is 10.3 Å². The van der Waals surface area contributed by atoms with E-state index in [2.05, 4.69) is 10.3 Å². The number of ether oxygens (including phenoxy) is 2. The van der Waals surface area contributed by atoms with Gasteiger partial charge in [-0.1, -0.05) is 12.1 Å². The number of methoxy groups -OCH3 is 1. The Labute approximate surface area is 142 Å². The number of aromatic nitrogens is 1. The highest BCUT2D eigenvalue weighted by atomic mass is 16.5. The van der Waals surface area contributed by atoms with Gasteiger partial charge in [0.05, 0.1) is 12.2 Å². The Kier molecular flexibility index (Phi) is 7.04. The number of unbranched alkanes of at least 4 members (excludes halogenated alkanes) is 1. The first-order chi connectivity index (χ1) is 11.7. The van der Waals surface area contributed by atoms with Crippen LogP contribution in [0.5, 0.6) is 5.75 Å². The van der Waals surface area contributed by atoms with Gasteiger partial charge >= 0.3 is 0 Å². The zero-order valence-corrected chi connectivity index (χ0v) is 13.8. The topological polar surface area (TPSA) is 86.5 Å². The van der Waals surface area contributed by atoms with Gasteiger partial charge in [0.2, 0.25) is 0 Å². The van der Waals surface area contributed by atoms with Crippen LogP contribution < -0.4 is 15.8 Å². The Balaban J connectivity index is 1.83.